The normalized spacial score (nSPS) is 30.3. The molecule has 0 aliphatic heterocycles. The van der Waals surface area contributed by atoms with Gasteiger partial charge in [-0.15, -0.1) is 0 Å². The Kier molecular flexibility index (Phi) is 3.61. The van der Waals surface area contributed by atoms with Crippen LogP contribution in [0, 0.1) is 11.3 Å². The molecular weight excluding hydrogens is 196 g/mol. The van der Waals surface area contributed by atoms with Gasteiger partial charge in [-0.2, -0.15) is 0 Å². The van der Waals surface area contributed by atoms with Gasteiger partial charge in [0.05, 0.1) is 6.61 Å². The summed E-state index contributed by atoms with van der Waals surface area (Å²) in [5.74, 6) is -0.790. The minimum absolute atomic E-state index is 0.0498. The maximum absolute atomic E-state index is 11.8. The standard InChI is InChI=1S/C11H16O4/c1-3-15-10(14)11(6-7-12)8(2)4-5-9(11)13/h7-8H,3-6H2,1-2H3/t8-,11-/m1/s1. The summed E-state index contributed by atoms with van der Waals surface area (Å²) in [7, 11) is 0. The second kappa shape index (κ2) is 4.55. The minimum Gasteiger partial charge on any atom is -0.465 e. The van der Waals surface area contributed by atoms with Gasteiger partial charge in [0.1, 0.15) is 11.7 Å². The highest BCUT2D eigenvalue weighted by Crippen LogP contribution is 2.43. The Morgan fingerprint density at radius 2 is 2.33 bits per heavy atom. The average Bonchev–Trinajstić information content (AvgIpc) is 2.47. The van der Waals surface area contributed by atoms with Gasteiger partial charge in [0.2, 0.25) is 0 Å². The summed E-state index contributed by atoms with van der Waals surface area (Å²) in [5, 5.41) is 0. The van der Waals surface area contributed by atoms with E-state index in [1.807, 2.05) is 6.92 Å². The van der Waals surface area contributed by atoms with Crippen LogP contribution in [-0.2, 0) is 19.1 Å². The first-order valence-electron chi connectivity index (χ1n) is 5.23. The lowest BCUT2D eigenvalue weighted by molar-refractivity contribution is -0.162. The second-order valence-electron chi connectivity index (χ2n) is 3.93. The highest BCUT2D eigenvalue weighted by molar-refractivity contribution is 6.07. The van der Waals surface area contributed by atoms with Crippen molar-refractivity contribution in [3.63, 3.8) is 0 Å². The van der Waals surface area contributed by atoms with E-state index in [2.05, 4.69) is 0 Å². The Balaban J connectivity index is 3.00. The van der Waals surface area contributed by atoms with Gasteiger partial charge >= 0.3 is 5.97 Å². The zero-order chi connectivity index (χ0) is 11.5. The van der Waals surface area contributed by atoms with Crippen LogP contribution in [0.5, 0.6) is 0 Å². The van der Waals surface area contributed by atoms with Crippen molar-refractivity contribution >= 4 is 18.0 Å². The van der Waals surface area contributed by atoms with Crippen molar-refractivity contribution in [1.29, 1.82) is 0 Å². The number of ketones is 1. The third-order valence-electron chi connectivity index (χ3n) is 3.19. The van der Waals surface area contributed by atoms with E-state index in [9.17, 15) is 14.4 Å². The molecule has 1 aliphatic carbocycles. The fourth-order valence-electron chi connectivity index (χ4n) is 2.20. The molecule has 0 unspecified atom stereocenters. The largest absolute Gasteiger partial charge is 0.465 e. The molecule has 0 bridgehead atoms. The van der Waals surface area contributed by atoms with Crippen LogP contribution in [0.25, 0.3) is 0 Å². The number of Topliss-reactive ketones (excluding diaryl/α,β-unsaturated/α-hetero) is 1. The van der Waals surface area contributed by atoms with Crippen molar-refractivity contribution in [1.82, 2.24) is 0 Å². The number of hydrogen-bond donors (Lipinski definition) is 0. The average molecular weight is 212 g/mol. The number of carbonyl (C=O) groups excluding carboxylic acids is 3. The molecule has 15 heavy (non-hydrogen) atoms. The molecule has 0 aromatic carbocycles. The Morgan fingerprint density at radius 1 is 1.67 bits per heavy atom. The van der Waals surface area contributed by atoms with Gasteiger partial charge in [-0.3, -0.25) is 9.59 Å². The molecule has 0 saturated heterocycles. The molecule has 1 aliphatic rings. The Bertz CT molecular complexity index is 284. The number of carbonyl (C=O) groups is 3. The molecule has 0 aromatic rings. The van der Waals surface area contributed by atoms with Crippen molar-refractivity contribution in [3.05, 3.63) is 0 Å². The maximum atomic E-state index is 11.8. The highest BCUT2D eigenvalue weighted by Gasteiger charge is 2.54. The van der Waals surface area contributed by atoms with Crippen LogP contribution in [-0.4, -0.2) is 24.6 Å². The zero-order valence-corrected chi connectivity index (χ0v) is 9.12. The molecule has 0 heterocycles. The van der Waals surface area contributed by atoms with Gasteiger partial charge in [-0.25, -0.2) is 0 Å². The van der Waals surface area contributed by atoms with Gasteiger partial charge in [-0.1, -0.05) is 6.92 Å². The molecule has 1 saturated carbocycles. The minimum atomic E-state index is -1.20. The SMILES string of the molecule is CCOC(=O)[C@@]1(CC=O)C(=O)CC[C@H]1C. The first kappa shape index (κ1) is 11.9. The molecule has 0 amide bonds. The third kappa shape index (κ3) is 1.80. The molecule has 1 fully saturated rings. The lowest BCUT2D eigenvalue weighted by atomic mass is 9.75. The summed E-state index contributed by atoms with van der Waals surface area (Å²) < 4.78 is 4.90. The van der Waals surface area contributed by atoms with Gasteiger partial charge in [0.25, 0.3) is 0 Å². The van der Waals surface area contributed by atoms with Crippen LogP contribution in [0.3, 0.4) is 0 Å². The summed E-state index contributed by atoms with van der Waals surface area (Å²) in [4.78, 5) is 34.1. The predicted molar refractivity (Wildman–Crippen MR) is 53.2 cm³/mol. The number of hydrogen-bond acceptors (Lipinski definition) is 4. The predicted octanol–water partition coefficient (Wildman–Crippen LogP) is 1.12. The van der Waals surface area contributed by atoms with Gasteiger partial charge < -0.3 is 9.53 Å². The molecule has 4 nitrogen and oxygen atoms in total. The third-order valence-corrected chi connectivity index (χ3v) is 3.19. The van der Waals surface area contributed by atoms with Gasteiger partial charge in [0.15, 0.2) is 5.78 Å². The lowest BCUT2D eigenvalue weighted by Gasteiger charge is -2.27. The summed E-state index contributed by atoms with van der Waals surface area (Å²) >= 11 is 0. The van der Waals surface area contributed by atoms with Crippen molar-refractivity contribution in [2.75, 3.05) is 6.61 Å². The van der Waals surface area contributed by atoms with Gasteiger partial charge in [0, 0.05) is 12.8 Å². The van der Waals surface area contributed by atoms with Crippen LogP contribution in [0.4, 0.5) is 0 Å². The van der Waals surface area contributed by atoms with Gasteiger partial charge in [-0.05, 0) is 19.3 Å². The molecule has 84 valence electrons. The van der Waals surface area contributed by atoms with E-state index in [0.29, 0.717) is 19.1 Å². The molecule has 1 rings (SSSR count). The van der Waals surface area contributed by atoms with Crippen molar-refractivity contribution in [3.8, 4) is 0 Å². The van der Waals surface area contributed by atoms with Crippen LogP contribution in [0.15, 0.2) is 0 Å². The Hall–Kier alpha value is -1.19. The molecule has 4 heteroatoms. The van der Waals surface area contributed by atoms with Crippen LogP contribution in [0.2, 0.25) is 0 Å². The smallest absolute Gasteiger partial charge is 0.320 e. The molecule has 2 atom stereocenters. The zero-order valence-electron chi connectivity index (χ0n) is 9.12. The fourth-order valence-corrected chi connectivity index (χ4v) is 2.20. The van der Waals surface area contributed by atoms with E-state index in [1.165, 1.54) is 0 Å². The number of aldehydes is 1. The van der Waals surface area contributed by atoms with E-state index >= 15 is 0 Å². The first-order valence-corrected chi connectivity index (χ1v) is 5.23. The highest BCUT2D eigenvalue weighted by atomic mass is 16.5. The van der Waals surface area contributed by atoms with Crippen molar-refractivity contribution < 1.29 is 19.1 Å². The second-order valence-corrected chi connectivity index (χ2v) is 3.93. The lowest BCUT2D eigenvalue weighted by Crippen LogP contribution is -2.41. The number of esters is 1. The molecule has 0 aromatic heterocycles. The van der Waals surface area contributed by atoms with E-state index in [-0.39, 0.29) is 24.7 Å². The molecule has 0 N–H and O–H groups in total. The van der Waals surface area contributed by atoms with E-state index in [1.54, 1.807) is 6.92 Å². The maximum Gasteiger partial charge on any atom is 0.320 e. The Morgan fingerprint density at radius 3 is 2.73 bits per heavy atom. The van der Waals surface area contributed by atoms with Crippen molar-refractivity contribution in [2.24, 2.45) is 11.3 Å². The summed E-state index contributed by atoms with van der Waals surface area (Å²) in [6.45, 7) is 3.75. The van der Waals surface area contributed by atoms with E-state index in [0.717, 1.165) is 0 Å². The molecular formula is C11H16O4. The van der Waals surface area contributed by atoms with E-state index in [4.69, 9.17) is 4.74 Å². The fraction of sp³-hybridized carbons (Fsp3) is 0.727. The van der Waals surface area contributed by atoms with Crippen molar-refractivity contribution in [2.45, 2.75) is 33.1 Å². The molecule has 0 radical (unpaired) electrons. The summed E-state index contributed by atoms with van der Waals surface area (Å²) in [6.07, 6.45) is 1.61. The topological polar surface area (TPSA) is 60.4 Å². The monoisotopic (exact) mass is 212 g/mol. The van der Waals surface area contributed by atoms with E-state index < -0.39 is 11.4 Å². The van der Waals surface area contributed by atoms with Crippen LogP contribution in [0.1, 0.15) is 33.1 Å². The van der Waals surface area contributed by atoms with Crippen LogP contribution < -0.4 is 0 Å². The summed E-state index contributed by atoms with van der Waals surface area (Å²) in [5.41, 5.74) is -1.20. The molecule has 0 spiro atoms. The first-order chi connectivity index (χ1) is 7.09. The number of rotatable bonds is 4. The number of ether oxygens (including phenoxy) is 1. The Labute approximate surface area is 89.0 Å². The summed E-state index contributed by atoms with van der Waals surface area (Å²) in [6, 6.07) is 0. The quantitative estimate of drug-likeness (QED) is 0.398. The van der Waals surface area contributed by atoms with Crippen LogP contribution >= 0.6 is 0 Å².